The number of methoxy groups -OCH3 is 2. The predicted molar refractivity (Wildman–Crippen MR) is 92.8 cm³/mol. The topological polar surface area (TPSA) is 43.7 Å². The van der Waals surface area contributed by atoms with Crippen LogP contribution in [0.3, 0.4) is 0 Å². The van der Waals surface area contributed by atoms with E-state index in [1.54, 1.807) is 13.2 Å². The van der Waals surface area contributed by atoms with Crippen LogP contribution >= 0.6 is 0 Å². The maximum absolute atomic E-state index is 11.4. The van der Waals surface area contributed by atoms with Gasteiger partial charge in [0.25, 0.3) is 0 Å². The summed E-state index contributed by atoms with van der Waals surface area (Å²) in [4.78, 5) is 13.5. The monoisotopic (exact) mass is 316 g/mol. The highest BCUT2D eigenvalue weighted by molar-refractivity contribution is 5.98. The van der Waals surface area contributed by atoms with Crippen molar-refractivity contribution in [3.8, 4) is 5.75 Å². The van der Waals surface area contributed by atoms with Crippen LogP contribution < -0.4 is 4.74 Å². The number of aromatic nitrogens is 1. The summed E-state index contributed by atoms with van der Waals surface area (Å²) in [6.45, 7) is 0.963. The zero-order valence-corrected chi connectivity index (χ0v) is 14.4. The summed E-state index contributed by atoms with van der Waals surface area (Å²) in [6, 6.07) is 3.90. The molecule has 0 atom stereocenters. The molecule has 5 heteroatoms. The first kappa shape index (κ1) is 17.1. The van der Waals surface area contributed by atoms with Gasteiger partial charge in [-0.25, -0.2) is 4.79 Å². The Hall–Kier alpha value is -2.27. The molecule has 0 fully saturated rings. The molecule has 1 aromatic heterocycles. The normalized spacial score (nSPS) is 11.6. The van der Waals surface area contributed by atoms with Crippen LogP contribution in [0, 0.1) is 0 Å². The summed E-state index contributed by atoms with van der Waals surface area (Å²) in [5, 5.41) is 1.10. The van der Waals surface area contributed by atoms with E-state index in [0.717, 1.165) is 35.2 Å². The number of nitrogens with zero attached hydrogens (tertiary/aromatic N) is 2. The van der Waals surface area contributed by atoms with E-state index in [4.69, 9.17) is 4.74 Å². The SMILES string of the molecule is COC(=O)/C=C/c1ccc(OC)c2c(CCN(C)C)cn(C)c12. The molecule has 0 aliphatic rings. The summed E-state index contributed by atoms with van der Waals surface area (Å²) < 4.78 is 12.3. The standard InChI is InChI=1S/C18H24N2O3/c1-19(2)11-10-14-12-20(3)18-13(7-9-16(21)23-5)6-8-15(22-4)17(14)18/h6-9,12H,10-11H2,1-5H3/b9-7+. The molecule has 2 rings (SSSR count). The van der Waals surface area contributed by atoms with Crippen LogP contribution in [0.2, 0.25) is 0 Å². The van der Waals surface area contributed by atoms with Crippen molar-refractivity contribution < 1.29 is 14.3 Å². The Balaban J connectivity index is 2.55. The molecule has 1 heterocycles. The zero-order chi connectivity index (χ0) is 17.0. The number of likely N-dealkylation sites (N-methyl/N-ethyl adjacent to an activating group) is 1. The molecule has 0 bridgehead atoms. The van der Waals surface area contributed by atoms with Gasteiger partial charge in [0, 0.05) is 31.3 Å². The van der Waals surface area contributed by atoms with Gasteiger partial charge in [-0.05, 0) is 49.9 Å². The second-order valence-electron chi connectivity index (χ2n) is 5.76. The highest BCUT2D eigenvalue weighted by Crippen LogP contribution is 2.33. The average Bonchev–Trinajstić information content (AvgIpc) is 2.87. The summed E-state index contributed by atoms with van der Waals surface area (Å²) in [5.74, 6) is 0.487. The van der Waals surface area contributed by atoms with Gasteiger partial charge in [-0.2, -0.15) is 0 Å². The molecule has 0 radical (unpaired) electrons. The maximum atomic E-state index is 11.4. The molecule has 0 amide bonds. The van der Waals surface area contributed by atoms with E-state index in [-0.39, 0.29) is 5.97 Å². The Bertz CT molecular complexity index is 729. The molecular formula is C18H24N2O3. The van der Waals surface area contributed by atoms with Crippen LogP contribution in [0.25, 0.3) is 17.0 Å². The first-order valence-corrected chi connectivity index (χ1v) is 7.53. The summed E-state index contributed by atoms with van der Waals surface area (Å²) in [6.07, 6.45) is 6.29. The number of fused-ring (bicyclic) bond motifs is 1. The third kappa shape index (κ3) is 3.74. The van der Waals surface area contributed by atoms with Crippen molar-refractivity contribution in [2.24, 2.45) is 7.05 Å². The molecule has 0 saturated heterocycles. The van der Waals surface area contributed by atoms with Gasteiger partial charge >= 0.3 is 5.97 Å². The van der Waals surface area contributed by atoms with E-state index in [0.29, 0.717) is 0 Å². The lowest BCUT2D eigenvalue weighted by atomic mass is 10.0. The fourth-order valence-corrected chi connectivity index (χ4v) is 2.71. The fraction of sp³-hybridized carbons (Fsp3) is 0.389. The summed E-state index contributed by atoms with van der Waals surface area (Å²) in [7, 11) is 9.19. The Labute approximate surface area is 137 Å². The van der Waals surface area contributed by atoms with Crippen LogP contribution in [-0.4, -0.2) is 50.3 Å². The van der Waals surface area contributed by atoms with Gasteiger partial charge in [-0.1, -0.05) is 0 Å². The van der Waals surface area contributed by atoms with E-state index in [9.17, 15) is 4.79 Å². The number of rotatable bonds is 6. The Morgan fingerprint density at radius 2 is 2.04 bits per heavy atom. The van der Waals surface area contributed by atoms with Crippen molar-refractivity contribution in [2.45, 2.75) is 6.42 Å². The lowest BCUT2D eigenvalue weighted by molar-refractivity contribution is -0.134. The molecule has 0 N–H and O–H groups in total. The number of carbonyl (C=O) groups excluding carboxylic acids is 1. The average molecular weight is 316 g/mol. The number of ether oxygens (including phenoxy) is 2. The van der Waals surface area contributed by atoms with Gasteiger partial charge in [-0.3, -0.25) is 0 Å². The van der Waals surface area contributed by atoms with Crippen molar-refractivity contribution in [2.75, 3.05) is 34.9 Å². The van der Waals surface area contributed by atoms with Gasteiger partial charge in [0.1, 0.15) is 5.75 Å². The van der Waals surface area contributed by atoms with Crippen molar-refractivity contribution in [3.63, 3.8) is 0 Å². The summed E-state index contributed by atoms with van der Waals surface area (Å²) in [5.41, 5.74) is 3.25. The van der Waals surface area contributed by atoms with Gasteiger partial charge < -0.3 is 18.9 Å². The minimum absolute atomic E-state index is 0.365. The number of hydrogen-bond donors (Lipinski definition) is 0. The quantitative estimate of drug-likeness (QED) is 0.606. The largest absolute Gasteiger partial charge is 0.496 e. The summed E-state index contributed by atoms with van der Waals surface area (Å²) >= 11 is 0. The van der Waals surface area contributed by atoms with Gasteiger partial charge in [0.05, 0.1) is 19.7 Å². The minimum atomic E-state index is -0.365. The van der Waals surface area contributed by atoms with Crippen molar-refractivity contribution in [1.29, 1.82) is 0 Å². The maximum Gasteiger partial charge on any atom is 0.330 e. The van der Waals surface area contributed by atoms with Gasteiger partial charge in [0.15, 0.2) is 0 Å². The van der Waals surface area contributed by atoms with Crippen LogP contribution in [0.5, 0.6) is 5.75 Å². The lowest BCUT2D eigenvalue weighted by Crippen LogP contribution is -2.14. The van der Waals surface area contributed by atoms with Gasteiger partial charge in [0.2, 0.25) is 0 Å². The van der Waals surface area contributed by atoms with E-state index >= 15 is 0 Å². The lowest BCUT2D eigenvalue weighted by Gasteiger charge is -2.10. The van der Waals surface area contributed by atoms with Gasteiger partial charge in [-0.15, -0.1) is 0 Å². The van der Waals surface area contributed by atoms with E-state index in [1.165, 1.54) is 18.7 Å². The first-order chi connectivity index (χ1) is 11.0. The molecule has 5 nitrogen and oxygen atoms in total. The van der Waals surface area contributed by atoms with E-state index < -0.39 is 0 Å². The van der Waals surface area contributed by atoms with Crippen LogP contribution in [0.1, 0.15) is 11.1 Å². The van der Waals surface area contributed by atoms with Crippen molar-refractivity contribution in [1.82, 2.24) is 9.47 Å². The smallest absolute Gasteiger partial charge is 0.330 e. The van der Waals surface area contributed by atoms with Crippen molar-refractivity contribution in [3.05, 3.63) is 35.5 Å². The van der Waals surface area contributed by atoms with Crippen LogP contribution in [0.4, 0.5) is 0 Å². The second-order valence-corrected chi connectivity index (χ2v) is 5.76. The number of carbonyl (C=O) groups is 1. The number of hydrogen-bond acceptors (Lipinski definition) is 4. The van der Waals surface area contributed by atoms with Crippen LogP contribution in [0.15, 0.2) is 24.4 Å². The third-order valence-electron chi connectivity index (χ3n) is 3.84. The Morgan fingerprint density at radius 1 is 1.30 bits per heavy atom. The number of aryl methyl sites for hydroxylation is 1. The Morgan fingerprint density at radius 3 is 2.65 bits per heavy atom. The van der Waals surface area contributed by atoms with Crippen LogP contribution in [-0.2, 0) is 23.0 Å². The highest BCUT2D eigenvalue weighted by Gasteiger charge is 2.14. The molecule has 0 aliphatic carbocycles. The molecule has 124 valence electrons. The first-order valence-electron chi connectivity index (χ1n) is 7.53. The predicted octanol–water partition coefficient (Wildman–Crippen LogP) is 2.48. The molecular weight excluding hydrogens is 292 g/mol. The fourth-order valence-electron chi connectivity index (χ4n) is 2.71. The number of benzene rings is 1. The molecule has 0 aliphatic heterocycles. The molecule has 23 heavy (non-hydrogen) atoms. The molecule has 2 aromatic rings. The third-order valence-corrected chi connectivity index (χ3v) is 3.84. The Kier molecular flexibility index (Phi) is 5.45. The van der Waals surface area contributed by atoms with E-state index in [1.807, 2.05) is 19.2 Å². The number of esters is 1. The van der Waals surface area contributed by atoms with Crippen molar-refractivity contribution >= 4 is 22.9 Å². The molecule has 1 aromatic carbocycles. The second kappa shape index (κ2) is 7.33. The molecule has 0 unspecified atom stereocenters. The van der Waals surface area contributed by atoms with E-state index in [2.05, 4.69) is 34.5 Å². The molecule has 0 spiro atoms. The minimum Gasteiger partial charge on any atom is -0.496 e. The molecule has 0 saturated carbocycles. The highest BCUT2D eigenvalue weighted by atomic mass is 16.5. The zero-order valence-electron chi connectivity index (χ0n) is 14.4.